The Kier molecular flexibility index (Phi) is 6.58. The van der Waals surface area contributed by atoms with E-state index >= 15 is 0 Å². The third-order valence-electron chi connectivity index (χ3n) is 5.71. The maximum Gasteiger partial charge on any atom is 0.326 e. The highest BCUT2D eigenvalue weighted by Gasteiger charge is 2.22. The molecule has 1 atom stereocenters. The molecule has 33 heavy (non-hydrogen) atoms. The standard InChI is InChI=1S/C26H27N3O4/c1-16(2)17-7-9-18(10-8-17)23-15-28-25(33-23)12-11-24(30)29-22(26(31)32)13-19-14-27-21-6-4-3-5-20(19)21/h3-10,14-16,22,27H,11-13H2,1-2H3,(H,29,30)(H,31,32). The van der Waals surface area contributed by atoms with Crippen molar-refractivity contribution in [1.29, 1.82) is 0 Å². The fraction of sp³-hybridized carbons (Fsp3) is 0.269. The second kappa shape index (κ2) is 9.73. The van der Waals surface area contributed by atoms with Crippen molar-refractivity contribution in [3.63, 3.8) is 0 Å². The largest absolute Gasteiger partial charge is 0.480 e. The van der Waals surface area contributed by atoms with Gasteiger partial charge in [-0.15, -0.1) is 0 Å². The van der Waals surface area contributed by atoms with Gasteiger partial charge in [-0.2, -0.15) is 0 Å². The maximum absolute atomic E-state index is 12.4. The van der Waals surface area contributed by atoms with Crippen molar-refractivity contribution in [1.82, 2.24) is 15.3 Å². The van der Waals surface area contributed by atoms with E-state index in [1.165, 1.54) is 5.56 Å². The molecule has 170 valence electrons. The summed E-state index contributed by atoms with van der Waals surface area (Å²) in [6.45, 7) is 4.28. The van der Waals surface area contributed by atoms with Gasteiger partial charge in [0.05, 0.1) is 6.20 Å². The van der Waals surface area contributed by atoms with Crippen molar-refractivity contribution in [2.24, 2.45) is 0 Å². The van der Waals surface area contributed by atoms with E-state index in [-0.39, 0.29) is 25.2 Å². The molecule has 0 aliphatic heterocycles. The van der Waals surface area contributed by atoms with Gasteiger partial charge in [0.15, 0.2) is 11.7 Å². The van der Waals surface area contributed by atoms with Crippen molar-refractivity contribution in [2.45, 2.75) is 45.1 Å². The Labute approximate surface area is 191 Å². The van der Waals surface area contributed by atoms with Crippen molar-refractivity contribution >= 4 is 22.8 Å². The number of hydrogen-bond acceptors (Lipinski definition) is 4. The molecule has 0 saturated heterocycles. The number of aromatic amines is 1. The lowest BCUT2D eigenvalue weighted by Gasteiger charge is -2.14. The molecule has 1 unspecified atom stereocenters. The number of carboxylic acid groups (broad SMARTS) is 1. The van der Waals surface area contributed by atoms with Crippen LogP contribution >= 0.6 is 0 Å². The molecule has 0 saturated carbocycles. The van der Waals surface area contributed by atoms with Gasteiger partial charge in [0, 0.05) is 41.9 Å². The summed E-state index contributed by atoms with van der Waals surface area (Å²) in [6.07, 6.45) is 4.00. The van der Waals surface area contributed by atoms with Gasteiger partial charge in [0.1, 0.15) is 6.04 Å². The van der Waals surface area contributed by atoms with Crippen LogP contribution in [0.15, 0.2) is 65.3 Å². The minimum absolute atomic E-state index is 0.0872. The number of aromatic nitrogens is 2. The number of benzene rings is 2. The zero-order valence-electron chi connectivity index (χ0n) is 18.7. The SMILES string of the molecule is CC(C)c1ccc(-c2cnc(CCC(=O)NC(Cc3c[nH]c4ccccc34)C(=O)O)o2)cc1. The van der Waals surface area contributed by atoms with Crippen LogP contribution in [0.3, 0.4) is 0 Å². The summed E-state index contributed by atoms with van der Waals surface area (Å²) in [5.74, 6) is 0.105. The Morgan fingerprint density at radius 3 is 2.61 bits per heavy atom. The van der Waals surface area contributed by atoms with Gasteiger partial charge in [-0.1, -0.05) is 56.3 Å². The number of carboxylic acids is 1. The first-order valence-corrected chi connectivity index (χ1v) is 11.0. The number of oxazole rings is 1. The number of nitrogens with one attached hydrogen (secondary N) is 2. The number of amides is 1. The molecule has 3 N–H and O–H groups in total. The van der Waals surface area contributed by atoms with E-state index in [1.807, 2.05) is 36.4 Å². The molecular formula is C26H27N3O4. The summed E-state index contributed by atoms with van der Waals surface area (Å²) in [4.78, 5) is 31.6. The second-order valence-electron chi connectivity index (χ2n) is 8.42. The van der Waals surface area contributed by atoms with Crippen molar-refractivity contribution in [2.75, 3.05) is 0 Å². The quantitative estimate of drug-likeness (QED) is 0.346. The van der Waals surface area contributed by atoms with Crippen LogP contribution in [0.25, 0.3) is 22.2 Å². The molecule has 0 aliphatic carbocycles. The number of H-pyrrole nitrogens is 1. The molecule has 2 aromatic heterocycles. The van der Waals surface area contributed by atoms with Crippen LogP contribution in [-0.4, -0.2) is 33.0 Å². The third kappa shape index (κ3) is 5.31. The minimum Gasteiger partial charge on any atom is -0.480 e. The van der Waals surface area contributed by atoms with Crippen LogP contribution in [0.1, 0.15) is 43.2 Å². The Hall–Kier alpha value is -3.87. The lowest BCUT2D eigenvalue weighted by Crippen LogP contribution is -2.42. The molecular weight excluding hydrogens is 418 g/mol. The normalized spacial score (nSPS) is 12.2. The van der Waals surface area contributed by atoms with Crippen LogP contribution in [0, 0.1) is 0 Å². The van der Waals surface area contributed by atoms with Gasteiger partial charge in [0.2, 0.25) is 5.91 Å². The number of hydrogen-bond donors (Lipinski definition) is 3. The summed E-state index contributed by atoms with van der Waals surface area (Å²) in [5, 5.41) is 13.2. The molecule has 4 aromatic rings. The number of aliphatic carboxylic acids is 1. The fourth-order valence-electron chi connectivity index (χ4n) is 3.80. The number of rotatable bonds is 9. The van der Waals surface area contributed by atoms with Gasteiger partial charge in [-0.3, -0.25) is 4.79 Å². The van der Waals surface area contributed by atoms with E-state index in [0.29, 0.717) is 17.6 Å². The minimum atomic E-state index is -1.07. The second-order valence-corrected chi connectivity index (χ2v) is 8.42. The predicted molar refractivity (Wildman–Crippen MR) is 126 cm³/mol. The van der Waals surface area contributed by atoms with Crippen LogP contribution in [0.5, 0.6) is 0 Å². The first-order chi connectivity index (χ1) is 15.9. The van der Waals surface area contributed by atoms with E-state index in [4.69, 9.17) is 4.42 Å². The molecule has 2 heterocycles. The Morgan fingerprint density at radius 1 is 1.12 bits per heavy atom. The lowest BCUT2D eigenvalue weighted by atomic mass is 10.0. The highest BCUT2D eigenvalue weighted by Crippen LogP contribution is 2.24. The molecule has 0 aliphatic rings. The van der Waals surface area contributed by atoms with E-state index in [1.54, 1.807) is 12.4 Å². The molecule has 2 aromatic carbocycles. The van der Waals surface area contributed by atoms with Gasteiger partial charge in [0.25, 0.3) is 0 Å². The van der Waals surface area contributed by atoms with Crippen molar-refractivity contribution in [3.8, 4) is 11.3 Å². The summed E-state index contributed by atoms with van der Waals surface area (Å²) in [5.41, 5.74) is 3.95. The average Bonchev–Trinajstić information content (AvgIpc) is 3.45. The predicted octanol–water partition coefficient (Wildman–Crippen LogP) is 4.69. The molecule has 7 heteroatoms. The highest BCUT2D eigenvalue weighted by atomic mass is 16.4. The first kappa shape index (κ1) is 22.3. The fourth-order valence-corrected chi connectivity index (χ4v) is 3.80. The van der Waals surface area contributed by atoms with Gasteiger partial charge >= 0.3 is 5.97 Å². The lowest BCUT2D eigenvalue weighted by molar-refractivity contribution is -0.141. The van der Waals surface area contributed by atoms with E-state index < -0.39 is 12.0 Å². The summed E-state index contributed by atoms with van der Waals surface area (Å²) in [6, 6.07) is 14.8. The monoisotopic (exact) mass is 445 g/mol. The summed E-state index contributed by atoms with van der Waals surface area (Å²) < 4.78 is 5.79. The Morgan fingerprint density at radius 2 is 1.88 bits per heavy atom. The molecule has 7 nitrogen and oxygen atoms in total. The highest BCUT2D eigenvalue weighted by molar-refractivity contribution is 5.86. The summed E-state index contributed by atoms with van der Waals surface area (Å²) in [7, 11) is 0. The molecule has 0 bridgehead atoms. The van der Waals surface area contributed by atoms with E-state index in [9.17, 15) is 14.7 Å². The van der Waals surface area contributed by atoms with Crippen LogP contribution < -0.4 is 5.32 Å². The van der Waals surface area contributed by atoms with Gasteiger partial charge in [-0.05, 0) is 23.1 Å². The number of para-hydroxylation sites is 1. The Balaban J connectivity index is 1.34. The molecule has 0 radical (unpaired) electrons. The third-order valence-corrected chi connectivity index (χ3v) is 5.71. The van der Waals surface area contributed by atoms with Gasteiger partial charge < -0.3 is 19.8 Å². The van der Waals surface area contributed by atoms with Gasteiger partial charge in [-0.25, -0.2) is 9.78 Å². The van der Waals surface area contributed by atoms with E-state index in [2.05, 4.69) is 41.3 Å². The van der Waals surface area contributed by atoms with Crippen LogP contribution in [0.4, 0.5) is 0 Å². The van der Waals surface area contributed by atoms with Crippen LogP contribution in [0.2, 0.25) is 0 Å². The first-order valence-electron chi connectivity index (χ1n) is 11.0. The number of nitrogens with zero attached hydrogens (tertiary/aromatic N) is 1. The van der Waals surface area contributed by atoms with Crippen molar-refractivity contribution in [3.05, 3.63) is 77.9 Å². The average molecular weight is 446 g/mol. The van der Waals surface area contributed by atoms with E-state index in [0.717, 1.165) is 22.0 Å². The number of carbonyl (C=O) groups excluding carboxylic acids is 1. The Bertz CT molecular complexity index is 1250. The zero-order valence-corrected chi connectivity index (χ0v) is 18.7. The summed E-state index contributed by atoms with van der Waals surface area (Å²) >= 11 is 0. The smallest absolute Gasteiger partial charge is 0.326 e. The molecule has 4 rings (SSSR count). The van der Waals surface area contributed by atoms with Crippen molar-refractivity contribution < 1.29 is 19.1 Å². The zero-order chi connectivity index (χ0) is 23.4. The van der Waals surface area contributed by atoms with Crippen LogP contribution in [-0.2, 0) is 22.4 Å². The number of aryl methyl sites for hydroxylation is 1. The maximum atomic E-state index is 12.4. The number of carbonyl (C=O) groups is 2. The molecule has 0 fully saturated rings. The molecule has 1 amide bonds. The number of fused-ring (bicyclic) bond motifs is 1. The molecule has 0 spiro atoms. The topological polar surface area (TPSA) is 108 Å².